The number of nitrogens with one attached hydrogen (secondary N) is 1. The van der Waals surface area contributed by atoms with Gasteiger partial charge in [0.2, 0.25) is 5.91 Å². The Morgan fingerprint density at radius 1 is 1.09 bits per heavy atom. The number of carbonyl (C=O) groups excluding carboxylic acids is 2. The fourth-order valence-electron chi connectivity index (χ4n) is 2.89. The van der Waals surface area contributed by atoms with Crippen molar-refractivity contribution >= 4 is 29.1 Å². The van der Waals surface area contributed by atoms with Gasteiger partial charge in [0.1, 0.15) is 17.7 Å². The molecule has 0 spiro atoms. The minimum atomic E-state index is -0.849. The van der Waals surface area contributed by atoms with E-state index in [2.05, 4.69) is 5.32 Å². The van der Waals surface area contributed by atoms with Crippen molar-refractivity contribution in [3.63, 3.8) is 0 Å². The number of amides is 2. The second kappa shape index (κ2) is 4.86. The number of hydrogen-bond donors (Lipinski definition) is 1. The summed E-state index contributed by atoms with van der Waals surface area (Å²) in [7, 11) is 0. The molecule has 1 aromatic carbocycles. The van der Waals surface area contributed by atoms with E-state index in [1.165, 1.54) is 6.26 Å². The molecular formula is C15H11ClN2O4. The van der Waals surface area contributed by atoms with Crippen molar-refractivity contribution in [2.24, 2.45) is 5.92 Å². The van der Waals surface area contributed by atoms with Crippen LogP contribution in [0.15, 0.2) is 47.1 Å². The number of fused-ring (bicyclic) bond motifs is 1. The Balaban J connectivity index is 1.78. The van der Waals surface area contributed by atoms with E-state index < -0.39 is 24.0 Å². The van der Waals surface area contributed by atoms with Gasteiger partial charge in [-0.25, -0.2) is 5.06 Å². The maximum atomic E-state index is 12.1. The van der Waals surface area contributed by atoms with E-state index in [0.29, 0.717) is 16.5 Å². The van der Waals surface area contributed by atoms with Crippen LogP contribution in [0.25, 0.3) is 0 Å². The van der Waals surface area contributed by atoms with Crippen molar-refractivity contribution in [3.8, 4) is 0 Å². The molecule has 6 nitrogen and oxygen atoms in total. The molecule has 3 heterocycles. The van der Waals surface area contributed by atoms with Crippen LogP contribution in [0, 0.1) is 5.92 Å². The van der Waals surface area contributed by atoms with Crippen molar-refractivity contribution in [2.75, 3.05) is 5.06 Å². The van der Waals surface area contributed by atoms with Gasteiger partial charge in [-0.1, -0.05) is 11.6 Å². The monoisotopic (exact) mass is 318 g/mol. The number of hydroxylamine groups is 1. The SMILES string of the molecule is O=C1NC(=O)[C@H]2ON(c3ccc(Cl)cc3)[C@H](c3ccco3)[C@H]12. The molecule has 2 saturated heterocycles. The number of carbonyl (C=O) groups is 2. The molecule has 0 saturated carbocycles. The van der Waals surface area contributed by atoms with Gasteiger partial charge in [0.15, 0.2) is 6.10 Å². The molecule has 1 aromatic heterocycles. The number of nitrogens with zero attached hydrogens (tertiary/aromatic N) is 1. The van der Waals surface area contributed by atoms with E-state index in [9.17, 15) is 9.59 Å². The highest BCUT2D eigenvalue weighted by Gasteiger charge is 2.57. The zero-order valence-corrected chi connectivity index (χ0v) is 12.0. The summed E-state index contributed by atoms with van der Waals surface area (Å²) in [6.07, 6.45) is 0.676. The molecule has 0 radical (unpaired) electrons. The lowest BCUT2D eigenvalue weighted by Crippen LogP contribution is -2.33. The van der Waals surface area contributed by atoms with E-state index in [1.807, 2.05) is 0 Å². The average Bonchev–Trinajstić information content (AvgIpc) is 3.19. The molecule has 0 unspecified atom stereocenters. The topological polar surface area (TPSA) is 71.8 Å². The van der Waals surface area contributed by atoms with Crippen LogP contribution in [0.4, 0.5) is 5.69 Å². The predicted octanol–water partition coefficient (Wildman–Crippen LogP) is 2.07. The lowest BCUT2D eigenvalue weighted by Gasteiger charge is -2.25. The summed E-state index contributed by atoms with van der Waals surface area (Å²) in [5.41, 5.74) is 0.695. The number of anilines is 1. The zero-order valence-electron chi connectivity index (χ0n) is 11.2. The first-order valence-electron chi connectivity index (χ1n) is 6.75. The van der Waals surface area contributed by atoms with E-state index in [1.54, 1.807) is 41.5 Å². The lowest BCUT2D eigenvalue weighted by molar-refractivity contribution is -0.129. The maximum absolute atomic E-state index is 12.1. The van der Waals surface area contributed by atoms with Crippen LogP contribution in [0.5, 0.6) is 0 Å². The van der Waals surface area contributed by atoms with Gasteiger partial charge >= 0.3 is 0 Å². The molecule has 1 N–H and O–H groups in total. The van der Waals surface area contributed by atoms with Crippen molar-refractivity contribution in [3.05, 3.63) is 53.4 Å². The minimum Gasteiger partial charge on any atom is -0.467 e. The molecule has 2 fully saturated rings. The first-order chi connectivity index (χ1) is 10.6. The molecule has 112 valence electrons. The summed E-state index contributed by atoms with van der Waals surface area (Å²) in [5.74, 6) is -0.863. The van der Waals surface area contributed by atoms with Gasteiger partial charge in [-0.05, 0) is 36.4 Å². The summed E-state index contributed by atoms with van der Waals surface area (Å²) in [6, 6.07) is 9.95. The van der Waals surface area contributed by atoms with E-state index in [0.717, 1.165) is 0 Å². The zero-order chi connectivity index (χ0) is 15.3. The first kappa shape index (κ1) is 13.4. The number of halogens is 1. The van der Waals surface area contributed by atoms with Gasteiger partial charge in [-0.2, -0.15) is 0 Å². The quantitative estimate of drug-likeness (QED) is 0.858. The molecule has 2 aliphatic heterocycles. The van der Waals surface area contributed by atoms with Gasteiger partial charge in [0.05, 0.1) is 12.0 Å². The molecule has 3 atom stereocenters. The molecule has 22 heavy (non-hydrogen) atoms. The Bertz CT molecular complexity index is 729. The lowest BCUT2D eigenvalue weighted by atomic mass is 9.94. The van der Waals surface area contributed by atoms with E-state index >= 15 is 0 Å². The second-order valence-corrected chi connectivity index (χ2v) is 5.60. The standard InChI is InChI=1S/C15H11ClN2O4/c16-8-3-5-9(6-4-8)18-12(10-2-1-7-21-10)11-13(22-18)15(20)17-14(11)19/h1-7,11-13H,(H,17,19,20)/t11-,12+,13-/m0/s1. The molecule has 0 bridgehead atoms. The molecular weight excluding hydrogens is 308 g/mol. The molecule has 0 aliphatic carbocycles. The summed E-state index contributed by atoms with van der Waals surface area (Å²) < 4.78 is 5.45. The summed E-state index contributed by atoms with van der Waals surface area (Å²) in [5, 5.41) is 4.43. The number of rotatable bonds is 2. The Labute approximate surface area is 130 Å². The van der Waals surface area contributed by atoms with Crippen LogP contribution < -0.4 is 10.4 Å². The fraction of sp³-hybridized carbons (Fsp3) is 0.200. The van der Waals surface area contributed by atoms with Crippen LogP contribution in [-0.2, 0) is 14.4 Å². The van der Waals surface area contributed by atoms with Crippen LogP contribution in [-0.4, -0.2) is 17.9 Å². The van der Waals surface area contributed by atoms with E-state index in [4.69, 9.17) is 20.9 Å². The molecule has 2 aromatic rings. The van der Waals surface area contributed by atoms with Gasteiger partial charge in [-0.15, -0.1) is 0 Å². The highest BCUT2D eigenvalue weighted by atomic mass is 35.5. The van der Waals surface area contributed by atoms with Gasteiger partial charge in [0.25, 0.3) is 5.91 Å². The van der Waals surface area contributed by atoms with Crippen LogP contribution in [0.2, 0.25) is 5.02 Å². The third kappa shape index (κ3) is 1.92. The number of imide groups is 1. The van der Waals surface area contributed by atoms with Crippen molar-refractivity contribution in [1.82, 2.24) is 5.32 Å². The van der Waals surface area contributed by atoms with Gasteiger partial charge in [0, 0.05) is 5.02 Å². The Morgan fingerprint density at radius 3 is 2.55 bits per heavy atom. The Hall–Kier alpha value is -2.31. The number of furan rings is 1. The Morgan fingerprint density at radius 2 is 1.86 bits per heavy atom. The second-order valence-electron chi connectivity index (χ2n) is 5.17. The first-order valence-corrected chi connectivity index (χ1v) is 7.12. The highest BCUT2D eigenvalue weighted by molar-refractivity contribution is 6.30. The third-order valence-electron chi connectivity index (χ3n) is 3.87. The normalized spacial score (nSPS) is 27.1. The fourth-order valence-corrected chi connectivity index (χ4v) is 3.02. The van der Waals surface area contributed by atoms with Crippen molar-refractivity contribution in [2.45, 2.75) is 12.1 Å². The maximum Gasteiger partial charge on any atom is 0.259 e. The summed E-state index contributed by atoms with van der Waals surface area (Å²) >= 11 is 5.90. The van der Waals surface area contributed by atoms with Crippen LogP contribution >= 0.6 is 11.6 Å². The predicted molar refractivity (Wildman–Crippen MR) is 76.9 cm³/mol. The largest absolute Gasteiger partial charge is 0.467 e. The highest BCUT2D eigenvalue weighted by Crippen LogP contribution is 2.44. The number of hydrogen-bond acceptors (Lipinski definition) is 5. The van der Waals surface area contributed by atoms with Gasteiger partial charge < -0.3 is 4.42 Å². The summed E-state index contributed by atoms with van der Waals surface area (Å²) in [4.78, 5) is 29.7. The van der Waals surface area contributed by atoms with Crippen molar-refractivity contribution < 1.29 is 18.8 Å². The Kier molecular flexibility index (Phi) is 2.95. The third-order valence-corrected chi connectivity index (χ3v) is 4.12. The molecule has 4 rings (SSSR count). The molecule has 2 aliphatic rings. The molecule has 7 heteroatoms. The van der Waals surface area contributed by atoms with Crippen molar-refractivity contribution in [1.29, 1.82) is 0 Å². The average molecular weight is 319 g/mol. The van der Waals surface area contributed by atoms with E-state index in [-0.39, 0.29) is 5.91 Å². The van der Waals surface area contributed by atoms with Crippen LogP contribution in [0.1, 0.15) is 11.8 Å². The summed E-state index contributed by atoms with van der Waals surface area (Å²) in [6.45, 7) is 0. The minimum absolute atomic E-state index is 0.354. The number of benzene rings is 1. The van der Waals surface area contributed by atoms with Gasteiger partial charge in [-0.3, -0.25) is 19.7 Å². The van der Waals surface area contributed by atoms with Crippen LogP contribution in [0.3, 0.4) is 0 Å². The molecule has 2 amide bonds. The smallest absolute Gasteiger partial charge is 0.259 e.